The van der Waals surface area contributed by atoms with Gasteiger partial charge in [-0.05, 0) is 39.5 Å². The molecule has 0 radical (unpaired) electrons. The zero-order chi connectivity index (χ0) is 21.1. The molecule has 0 spiro atoms. The third-order valence-electron chi connectivity index (χ3n) is 3.23. The Bertz CT molecular complexity index is 870. The van der Waals surface area contributed by atoms with E-state index in [2.05, 4.69) is 21.6 Å². The van der Waals surface area contributed by atoms with Crippen LogP contribution >= 0.6 is 22.9 Å². The maximum Gasteiger partial charge on any atom is 0.413 e. The second-order valence-corrected chi connectivity index (χ2v) is 9.85. The number of allylic oxidation sites excluding steroid dienone is 1. The first-order valence-corrected chi connectivity index (χ1v) is 10.5. The molecule has 2 aromatic rings. The summed E-state index contributed by atoms with van der Waals surface area (Å²) < 4.78 is 34.8. The van der Waals surface area contributed by atoms with E-state index in [1.807, 2.05) is 0 Å². The summed E-state index contributed by atoms with van der Waals surface area (Å²) >= 11 is 5.33. The number of halogens is 2. The highest BCUT2D eigenvalue weighted by Crippen LogP contribution is 2.33. The summed E-state index contributed by atoms with van der Waals surface area (Å²) in [6.45, 7) is 10.5. The monoisotopic (exact) mass is 445 g/mol. The maximum atomic E-state index is 14.5. The van der Waals surface area contributed by atoms with Crippen LogP contribution in [0.4, 0.5) is 14.3 Å². The molecule has 2 atom stereocenters. The standard InChI is InChI=1S/C18H21ClFN3O3S2/c1-10(2)28(25)23-15(12-7-6-11(19)8-13(12)20)14-9-21-16(27-14)22-17(24)26-18(3,4)5/h6-9,15,23H,1H2,2-5H3,(H,21,22,24)/t15?,28-/m1/s1. The molecule has 0 aliphatic heterocycles. The number of amides is 1. The van der Waals surface area contributed by atoms with Gasteiger partial charge in [-0.1, -0.05) is 29.0 Å². The summed E-state index contributed by atoms with van der Waals surface area (Å²) in [6, 6.07) is 3.45. The zero-order valence-corrected chi connectivity index (χ0v) is 18.2. The second kappa shape index (κ2) is 9.23. The van der Waals surface area contributed by atoms with E-state index in [9.17, 15) is 13.7 Å². The van der Waals surface area contributed by atoms with Crippen LogP contribution in [-0.4, -0.2) is 21.2 Å². The number of anilines is 1. The highest BCUT2D eigenvalue weighted by atomic mass is 35.5. The first-order chi connectivity index (χ1) is 13.0. The SMILES string of the molecule is C=C(C)[S@@+]([O-])NC(c1cnc(NC(=O)OC(C)(C)C)s1)c1ccc(Cl)cc1F. The molecule has 2 rings (SSSR count). The van der Waals surface area contributed by atoms with Crippen LogP contribution in [0.25, 0.3) is 0 Å². The molecule has 0 fully saturated rings. The number of carbonyl (C=O) groups excluding carboxylic acids is 1. The van der Waals surface area contributed by atoms with Gasteiger partial charge < -0.3 is 9.29 Å². The first-order valence-electron chi connectivity index (χ1n) is 8.20. The number of carbonyl (C=O) groups is 1. The lowest BCUT2D eigenvalue weighted by molar-refractivity contribution is 0.0636. The summed E-state index contributed by atoms with van der Waals surface area (Å²) in [5, 5.41) is 3.05. The lowest BCUT2D eigenvalue weighted by Gasteiger charge is -2.20. The minimum atomic E-state index is -1.61. The number of aromatic nitrogens is 1. The molecule has 0 bridgehead atoms. The van der Waals surface area contributed by atoms with Gasteiger partial charge in [0.05, 0.1) is 16.2 Å². The molecule has 10 heteroatoms. The number of hydrogen-bond donors (Lipinski definition) is 2. The van der Waals surface area contributed by atoms with Crippen LogP contribution in [0, 0.1) is 5.82 Å². The molecule has 6 nitrogen and oxygen atoms in total. The van der Waals surface area contributed by atoms with E-state index in [1.54, 1.807) is 33.8 Å². The average Bonchev–Trinajstić information content (AvgIpc) is 2.99. The molecule has 1 unspecified atom stereocenters. The van der Waals surface area contributed by atoms with Crippen LogP contribution in [0.3, 0.4) is 0 Å². The number of ether oxygens (including phenoxy) is 1. The van der Waals surface area contributed by atoms with Crippen LogP contribution in [0.15, 0.2) is 35.9 Å². The van der Waals surface area contributed by atoms with Gasteiger partial charge in [0, 0.05) is 23.7 Å². The Hall–Kier alpha value is -1.65. The van der Waals surface area contributed by atoms with Crippen LogP contribution < -0.4 is 10.0 Å². The van der Waals surface area contributed by atoms with Crippen molar-refractivity contribution in [3.63, 3.8) is 0 Å². The van der Waals surface area contributed by atoms with E-state index in [1.165, 1.54) is 18.3 Å². The zero-order valence-electron chi connectivity index (χ0n) is 15.8. The Labute approximate surface area is 175 Å². The average molecular weight is 446 g/mol. The van der Waals surface area contributed by atoms with Gasteiger partial charge in [0.2, 0.25) is 0 Å². The third kappa shape index (κ3) is 6.46. The van der Waals surface area contributed by atoms with E-state index in [0.29, 0.717) is 9.78 Å². The highest BCUT2D eigenvalue weighted by Gasteiger charge is 2.27. The highest BCUT2D eigenvalue weighted by molar-refractivity contribution is 7.93. The number of rotatable bonds is 6. The molecule has 1 aromatic carbocycles. The van der Waals surface area contributed by atoms with Crippen molar-refractivity contribution in [1.82, 2.24) is 9.71 Å². The first kappa shape index (κ1) is 22.6. The largest absolute Gasteiger partial charge is 0.593 e. The van der Waals surface area contributed by atoms with Crippen molar-refractivity contribution in [3.8, 4) is 0 Å². The molecule has 0 aliphatic carbocycles. The number of benzene rings is 1. The number of nitrogens with one attached hydrogen (secondary N) is 2. The number of nitrogens with zero attached hydrogens (tertiary/aromatic N) is 1. The normalized spacial score (nSPS) is 13.7. The summed E-state index contributed by atoms with van der Waals surface area (Å²) in [7, 11) is 0. The molecule has 28 heavy (non-hydrogen) atoms. The number of hydrogen-bond acceptors (Lipinski definition) is 6. The van der Waals surface area contributed by atoms with E-state index in [-0.39, 0.29) is 15.7 Å². The molecule has 2 N–H and O–H groups in total. The molecule has 152 valence electrons. The molecule has 0 aliphatic rings. The fourth-order valence-corrected chi connectivity index (χ4v) is 3.86. The summed E-state index contributed by atoms with van der Waals surface area (Å²) in [4.78, 5) is 17.0. The lowest BCUT2D eigenvalue weighted by atomic mass is 10.1. The molecular weight excluding hydrogens is 425 g/mol. The van der Waals surface area contributed by atoms with Crippen molar-refractivity contribution in [3.05, 3.63) is 57.2 Å². The van der Waals surface area contributed by atoms with Gasteiger partial charge in [-0.25, -0.2) is 14.2 Å². The van der Waals surface area contributed by atoms with Crippen molar-refractivity contribution < 1.29 is 18.5 Å². The summed E-state index contributed by atoms with van der Waals surface area (Å²) in [5.74, 6) is -0.557. The Morgan fingerprint density at radius 2 is 2.14 bits per heavy atom. The van der Waals surface area contributed by atoms with E-state index in [4.69, 9.17) is 16.3 Å². The van der Waals surface area contributed by atoms with Crippen LogP contribution in [0.1, 0.15) is 44.2 Å². The van der Waals surface area contributed by atoms with Crippen molar-refractivity contribution in [2.24, 2.45) is 0 Å². The quantitative estimate of drug-likeness (QED) is 0.600. The van der Waals surface area contributed by atoms with Crippen LogP contribution in [0.2, 0.25) is 5.02 Å². The van der Waals surface area contributed by atoms with Crippen LogP contribution in [0.5, 0.6) is 0 Å². The van der Waals surface area contributed by atoms with Crippen LogP contribution in [-0.2, 0) is 16.1 Å². The Morgan fingerprint density at radius 3 is 2.71 bits per heavy atom. The van der Waals surface area contributed by atoms with E-state index >= 15 is 0 Å². The molecule has 0 saturated heterocycles. The maximum absolute atomic E-state index is 14.5. The molecule has 1 amide bonds. The van der Waals surface area contributed by atoms with Gasteiger partial charge in [0.1, 0.15) is 22.4 Å². The fraction of sp³-hybridized carbons (Fsp3) is 0.333. The topological polar surface area (TPSA) is 86.3 Å². The second-order valence-electron chi connectivity index (χ2n) is 6.88. The van der Waals surface area contributed by atoms with Gasteiger partial charge >= 0.3 is 6.09 Å². The summed E-state index contributed by atoms with van der Waals surface area (Å²) in [5.41, 5.74) is -0.412. The predicted octanol–water partition coefficient (Wildman–Crippen LogP) is 5.16. The molecule has 1 heterocycles. The summed E-state index contributed by atoms with van der Waals surface area (Å²) in [6.07, 6.45) is 0.819. The van der Waals surface area contributed by atoms with Crippen molar-refractivity contribution in [2.45, 2.75) is 39.3 Å². The Morgan fingerprint density at radius 1 is 1.46 bits per heavy atom. The lowest BCUT2D eigenvalue weighted by Crippen LogP contribution is -2.29. The minimum Gasteiger partial charge on any atom is -0.593 e. The Balaban J connectivity index is 2.30. The predicted molar refractivity (Wildman–Crippen MR) is 111 cm³/mol. The molecule has 1 aromatic heterocycles. The van der Waals surface area contributed by atoms with E-state index < -0.39 is 34.9 Å². The van der Waals surface area contributed by atoms with E-state index in [0.717, 1.165) is 11.3 Å². The minimum absolute atomic E-state index is 0.242. The molecule has 0 saturated carbocycles. The van der Waals surface area contributed by atoms with Gasteiger partial charge in [-0.2, -0.15) is 0 Å². The fourth-order valence-electron chi connectivity index (χ4n) is 2.09. The smallest absolute Gasteiger partial charge is 0.413 e. The number of thiazole rings is 1. The molecular formula is C18H21ClFN3O3S2. The Kier molecular flexibility index (Phi) is 7.46. The van der Waals surface area contributed by atoms with Crippen molar-refractivity contribution in [1.29, 1.82) is 0 Å². The van der Waals surface area contributed by atoms with Gasteiger partial charge in [-0.15, -0.1) is 4.72 Å². The van der Waals surface area contributed by atoms with Gasteiger partial charge in [0.15, 0.2) is 5.13 Å². The van der Waals surface area contributed by atoms with Crippen molar-refractivity contribution in [2.75, 3.05) is 5.32 Å². The van der Waals surface area contributed by atoms with Crippen molar-refractivity contribution >= 4 is 45.5 Å². The van der Waals surface area contributed by atoms with Gasteiger partial charge in [-0.3, -0.25) is 5.32 Å². The van der Waals surface area contributed by atoms with Gasteiger partial charge in [0.25, 0.3) is 0 Å². The third-order valence-corrected chi connectivity index (χ3v) is 5.53.